The van der Waals surface area contributed by atoms with Gasteiger partial charge in [-0.1, -0.05) is 0 Å². The molecule has 11 heteroatoms. The van der Waals surface area contributed by atoms with Gasteiger partial charge in [-0.25, -0.2) is 4.98 Å². The predicted octanol–water partition coefficient (Wildman–Crippen LogP) is 2.73. The van der Waals surface area contributed by atoms with Crippen LogP contribution in [0.3, 0.4) is 0 Å². The highest BCUT2D eigenvalue weighted by Crippen LogP contribution is 2.46. The number of carbonyl (C=O) groups is 1. The quantitative estimate of drug-likeness (QED) is 0.433. The van der Waals surface area contributed by atoms with Crippen LogP contribution in [0.4, 0.5) is 5.82 Å². The van der Waals surface area contributed by atoms with E-state index in [0.29, 0.717) is 54.2 Å². The molecule has 3 N–H and O–H groups in total. The van der Waals surface area contributed by atoms with Crippen LogP contribution >= 0.6 is 12.4 Å². The van der Waals surface area contributed by atoms with Crippen molar-refractivity contribution in [2.45, 2.75) is 62.8 Å². The number of halogens is 1. The van der Waals surface area contributed by atoms with Gasteiger partial charge in [0.2, 0.25) is 0 Å². The third-order valence-electron chi connectivity index (χ3n) is 7.95. The number of fused-ring (bicyclic) bond motifs is 5. The number of hydrogen-bond donors (Lipinski definition) is 3. The lowest BCUT2D eigenvalue weighted by Gasteiger charge is -2.55. The Hall–Kier alpha value is -3.36. The van der Waals surface area contributed by atoms with Crippen molar-refractivity contribution in [3.8, 4) is 11.8 Å². The van der Waals surface area contributed by atoms with Crippen molar-refractivity contribution < 1.29 is 19.4 Å². The molecule has 2 bridgehead atoms. The van der Waals surface area contributed by atoms with Crippen LogP contribution in [-0.2, 0) is 22.5 Å². The molecule has 3 fully saturated rings. The van der Waals surface area contributed by atoms with Crippen molar-refractivity contribution in [2.24, 2.45) is 0 Å². The molecule has 3 aliphatic heterocycles. The van der Waals surface area contributed by atoms with E-state index in [0.717, 1.165) is 29.8 Å². The van der Waals surface area contributed by atoms with Gasteiger partial charge in [0.05, 0.1) is 40.6 Å². The summed E-state index contributed by atoms with van der Waals surface area (Å²) in [6, 6.07) is 9.71. The molecule has 38 heavy (non-hydrogen) atoms. The van der Waals surface area contributed by atoms with E-state index in [2.05, 4.69) is 31.7 Å². The Balaban J connectivity index is 0.00000294. The molecule has 1 amide bonds. The zero-order valence-corrected chi connectivity index (χ0v) is 21.8. The summed E-state index contributed by atoms with van der Waals surface area (Å²) < 4.78 is 11.8. The zero-order chi connectivity index (χ0) is 25.6. The Morgan fingerprint density at radius 3 is 2.76 bits per heavy atom. The third-order valence-corrected chi connectivity index (χ3v) is 7.95. The normalized spacial score (nSPS) is 24.5. The lowest BCUT2D eigenvalue weighted by molar-refractivity contribution is -0.208. The van der Waals surface area contributed by atoms with Crippen LogP contribution in [0.25, 0.3) is 11.0 Å². The molecule has 1 atom stereocenters. The van der Waals surface area contributed by atoms with Gasteiger partial charge < -0.3 is 25.2 Å². The standard InChI is InChI=1S/C27H28N6O4.ClH/c1-16-2-4-20-24(31-16)19(17(11-28)12-29-20)10-22(34)27-8-6-26(7-9-27,15-37-27)30-13-18-3-5-21-25(32-18)33-23(35)14-36-21;/h2-5,12,22,30,34H,6-10,13-15H2,1H3,(H,32,33,35);1H. The van der Waals surface area contributed by atoms with Gasteiger partial charge in [0, 0.05) is 36.0 Å². The van der Waals surface area contributed by atoms with Crippen molar-refractivity contribution in [1.82, 2.24) is 20.3 Å². The first-order valence-electron chi connectivity index (χ1n) is 12.5. The number of hydrogen-bond acceptors (Lipinski definition) is 9. The molecule has 2 saturated heterocycles. The number of nitrogens with one attached hydrogen (secondary N) is 2. The summed E-state index contributed by atoms with van der Waals surface area (Å²) in [5.74, 6) is 0.814. The Labute approximate surface area is 226 Å². The van der Waals surface area contributed by atoms with E-state index >= 15 is 0 Å². The number of nitrogens with zero attached hydrogens (tertiary/aromatic N) is 4. The molecule has 0 spiro atoms. The summed E-state index contributed by atoms with van der Waals surface area (Å²) >= 11 is 0. The number of amides is 1. The maximum Gasteiger partial charge on any atom is 0.263 e. The van der Waals surface area contributed by atoms with E-state index in [4.69, 9.17) is 9.47 Å². The summed E-state index contributed by atoms with van der Waals surface area (Å²) in [5.41, 5.74) is 3.32. The third kappa shape index (κ3) is 4.67. The van der Waals surface area contributed by atoms with Crippen molar-refractivity contribution in [1.29, 1.82) is 5.26 Å². The van der Waals surface area contributed by atoms with Crippen molar-refractivity contribution in [2.75, 3.05) is 18.5 Å². The molecule has 3 aromatic heterocycles. The fraction of sp³-hybridized carbons (Fsp3) is 0.444. The smallest absolute Gasteiger partial charge is 0.263 e. The largest absolute Gasteiger partial charge is 0.480 e. The molecule has 1 aliphatic carbocycles. The highest BCUT2D eigenvalue weighted by molar-refractivity contribution is 5.94. The average molecular weight is 537 g/mol. The highest BCUT2D eigenvalue weighted by Gasteiger charge is 2.53. The van der Waals surface area contributed by atoms with Gasteiger partial charge in [0.1, 0.15) is 6.07 Å². The van der Waals surface area contributed by atoms with E-state index in [1.54, 1.807) is 6.20 Å². The second-order valence-corrected chi connectivity index (χ2v) is 10.3. The van der Waals surface area contributed by atoms with Crippen LogP contribution < -0.4 is 15.4 Å². The molecular formula is C27H29ClN6O4. The predicted molar refractivity (Wildman–Crippen MR) is 141 cm³/mol. The summed E-state index contributed by atoms with van der Waals surface area (Å²) in [7, 11) is 0. The molecule has 4 aliphatic rings. The second kappa shape index (κ2) is 10.1. The number of aryl methyl sites for hydroxylation is 1. The summed E-state index contributed by atoms with van der Waals surface area (Å²) in [4.78, 5) is 25.1. The number of aromatic nitrogens is 3. The van der Waals surface area contributed by atoms with Gasteiger partial charge in [-0.15, -0.1) is 12.4 Å². The summed E-state index contributed by atoms with van der Waals surface area (Å²) in [6.45, 7) is 2.92. The first-order chi connectivity index (χ1) is 17.9. The Bertz CT molecular complexity index is 1420. The van der Waals surface area contributed by atoms with Gasteiger partial charge in [-0.3, -0.25) is 14.8 Å². The maximum absolute atomic E-state index is 11.6. The van der Waals surface area contributed by atoms with Gasteiger partial charge in [-0.2, -0.15) is 5.26 Å². The van der Waals surface area contributed by atoms with Crippen molar-refractivity contribution >= 4 is 35.2 Å². The first-order valence-corrected chi connectivity index (χ1v) is 12.5. The molecule has 6 heterocycles. The highest BCUT2D eigenvalue weighted by atomic mass is 35.5. The average Bonchev–Trinajstić information content (AvgIpc) is 2.93. The topological polar surface area (TPSA) is 142 Å². The van der Waals surface area contributed by atoms with Crippen LogP contribution in [0.2, 0.25) is 0 Å². The van der Waals surface area contributed by atoms with Crippen molar-refractivity contribution in [3.05, 3.63) is 53.0 Å². The Kier molecular flexibility index (Phi) is 6.96. The van der Waals surface area contributed by atoms with Gasteiger partial charge in [0.15, 0.2) is 18.2 Å². The minimum atomic E-state index is -0.767. The fourth-order valence-electron chi connectivity index (χ4n) is 5.66. The maximum atomic E-state index is 11.6. The lowest BCUT2D eigenvalue weighted by Crippen LogP contribution is -2.65. The lowest BCUT2D eigenvalue weighted by atomic mass is 9.68. The van der Waals surface area contributed by atoms with Crippen LogP contribution in [0.15, 0.2) is 30.5 Å². The number of aliphatic hydroxyl groups is 1. The van der Waals surface area contributed by atoms with E-state index in [1.807, 2.05) is 31.2 Å². The minimum Gasteiger partial charge on any atom is -0.480 e. The van der Waals surface area contributed by atoms with Gasteiger partial charge >= 0.3 is 0 Å². The molecular weight excluding hydrogens is 508 g/mol. The number of anilines is 1. The van der Waals surface area contributed by atoms with Gasteiger partial charge in [-0.05, 0) is 56.9 Å². The van der Waals surface area contributed by atoms with Gasteiger partial charge in [0.25, 0.3) is 5.91 Å². The molecule has 10 nitrogen and oxygen atoms in total. The Morgan fingerprint density at radius 2 is 2.03 bits per heavy atom. The number of aliphatic hydroxyl groups excluding tert-OH is 1. The molecule has 0 radical (unpaired) electrons. The SMILES string of the molecule is Cc1ccc2ncc(C#N)c(CC(O)C34CCC(NCc5ccc6c(n5)NC(=O)CO6)(CC3)CO4)c2n1.Cl. The van der Waals surface area contributed by atoms with Crippen LogP contribution in [-0.4, -0.2) is 56.4 Å². The first kappa shape index (κ1) is 26.3. The van der Waals surface area contributed by atoms with E-state index < -0.39 is 11.7 Å². The monoisotopic (exact) mass is 536 g/mol. The fourth-order valence-corrected chi connectivity index (χ4v) is 5.66. The zero-order valence-electron chi connectivity index (χ0n) is 21.0. The number of carbonyl (C=O) groups excluding carboxylic acids is 1. The molecule has 198 valence electrons. The molecule has 0 aromatic carbocycles. The van der Waals surface area contributed by atoms with Crippen LogP contribution in [0, 0.1) is 18.3 Å². The van der Waals surface area contributed by atoms with E-state index in [-0.39, 0.29) is 36.9 Å². The molecule has 1 saturated carbocycles. The Morgan fingerprint density at radius 1 is 1.21 bits per heavy atom. The van der Waals surface area contributed by atoms with Crippen LogP contribution in [0.5, 0.6) is 5.75 Å². The number of nitriles is 1. The number of rotatable bonds is 6. The molecule has 7 rings (SSSR count). The second-order valence-electron chi connectivity index (χ2n) is 10.3. The number of ether oxygens (including phenoxy) is 2. The summed E-state index contributed by atoms with van der Waals surface area (Å²) in [6.07, 6.45) is 4.20. The molecule has 3 aromatic rings. The minimum absolute atomic E-state index is 0. The summed E-state index contributed by atoms with van der Waals surface area (Å²) in [5, 5.41) is 27.5. The van der Waals surface area contributed by atoms with Crippen molar-refractivity contribution in [3.63, 3.8) is 0 Å². The number of pyridine rings is 3. The van der Waals surface area contributed by atoms with E-state index in [1.165, 1.54) is 0 Å². The molecule has 1 unspecified atom stereocenters. The van der Waals surface area contributed by atoms with E-state index in [9.17, 15) is 15.2 Å². The van der Waals surface area contributed by atoms with Crippen LogP contribution in [0.1, 0.15) is 48.2 Å².